The lowest BCUT2D eigenvalue weighted by Crippen LogP contribution is -2.24. The van der Waals surface area contributed by atoms with Gasteiger partial charge in [0, 0.05) is 18.7 Å². The van der Waals surface area contributed by atoms with Crippen LogP contribution in [-0.4, -0.2) is 17.4 Å². The van der Waals surface area contributed by atoms with Crippen LogP contribution in [0.2, 0.25) is 0 Å². The van der Waals surface area contributed by atoms with Crippen molar-refractivity contribution < 1.29 is 4.79 Å². The molecular formula is C12H14N2OS. The van der Waals surface area contributed by atoms with Crippen LogP contribution < -0.4 is 5.32 Å². The third-order valence-electron chi connectivity index (χ3n) is 1.92. The van der Waals surface area contributed by atoms with E-state index >= 15 is 0 Å². The lowest BCUT2D eigenvalue weighted by Gasteiger charge is -2.04. The molecule has 1 amide bonds. The molecule has 0 unspecified atom stereocenters. The third kappa shape index (κ3) is 5.42. The van der Waals surface area contributed by atoms with Crippen molar-refractivity contribution in [1.29, 1.82) is 5.26 Å². The number of hydrogen-bond donors (Lipinski definition) is 1. The molecule has 1 aromatic rings. The maximum atomic E-state index is 11.4. The van der Waals surface area contributed by atoms with Gasteiger partial charge in [-0.05, 0) is 5.56 Å². The highest BCUT2D eigenvalue weighted by molar-refractivity contribution is 7.99. The van der Waals surface area contributed by atoms with Crippen molar-refractivity contribution in [3.8, 4) is 6.07 Å². The second-order valence-corrected chi connectivity index (χ2v) is 4.33. The largest absolute Gasteiger partial charge is 0.351 e. The first-order valence-electron chi connectivity index (χ1n) is 5.08. The molecule has 16 heavy (non-hydrogen) atoms. The van der Waals surface area contributed by atoms with Crippen LogP contribution in [0.5, 0.6) is 0 Å². The minimum Gasteiger partial charge on any atom is -0.351 e. The van der Waals surface area contributed by atoms with E-state index in [9.17, 15) is 4.79 Å². The predicted molar refractivity (Wildman–Crippen MR) is 65.8 cm³/mol. The van der Waals surface area contributed by atoms with Crippen LogP contribution in [0.15, 0.2) is 30.3 Å². The highest BCUT2D eigenvalue weighted by Gasteiger charge is 2.00. The maximum absolute atomic E-state index is 11.4. The molecule has 1 N–H and O–H groups in total. The quantitative estimate of drug-likeness (QED) is 0.765. The number of rotatable bonds is 6. The van der Waals surface area contributed by atoms with Gasteiger partial charge in [-0.1, -0.05) is 30.3 Å². The number of benzene rings is 1. The summed E-state index contributed by atoms with van der Waals surface area (Å²) in [5.74, 6) is 1.16. The van der Waals surface area contributed by atoms with Crippen molar-refractivity contribution >= 4 is 17.7 Å². The van der Waals surface area contributed by atoms with Crippen molar-refractivity contribution in [1.82, 2.24) is 5.32 Å². The number of carbonyl (C=O) groups is 1. The van der Waals surface area contributed by atoms with E-state index in [1.807, 2.05) is 36.4 Å². The van der Waals surface area contributed by atoms with Crippen molar-refractivity contribution in [3.63, 3.8) is 0 Å². The normalized spacial score (nSPS) is 9.44. The zero-order chi connectivity index (χ0) is 11.6. The van der Waals surface area contributed by atoms with Gasteiger partial charge in [0.1, 0.15) is 0 Å². The van der Waals surface area contributed by atoms with E-state index in [0.29, 0.717) is 18.7 Å². The highest BCUT2D eigenvalue weighted by Crippen LogP contribution is 2.02. The smallest absolute Gasteiger partial charge is 0.230 e. The summed E-state index contributed by atoms with van der Waals surface area (Å²) in [7, 11) is 0. The zero-order valence-electron chi connectivity index (χ0n) is 8.98. The molecule has 0 aliphatic carbocycles. The van der Waals surface area contributed by atoms with Crippen LogP contribution >= 0.6 is 11.8 Å². The van der Waals surface area contributed by atoms with Gasteiger partial charge in [0.25, 0.3) is 0 Å². The maximum Gasteiger partial charge on any atom is 0.230 e. The van der Waals surface area contributed by atoms with Gasteiger partial charge in [0.05, 0.1) is 11.8 Å². The number of nitrogens with one attached hydrogen (secondary N) is 1. The molecule has 1 rings (SSSR count). The van der Waals surface area contributed by atoms with E-state index in [2.05, 4.69) is 5.32 Å². The van der Waals surface area contributed by atoms with Gasteiger partial charge in [-0.2, -0.15) is 17.0 Å². The summed E-state index contributed by atoms with van der Waals surface area (Å²) in [4.78, 5) is 11.4. The Bertz CT molecular complexity index is 359. The van der Waals surface area contributed by atoms with Gasteiger partial charge in [0.2, 0.25) is 5.91 Å². The average molecular weight is 234 g/mol. The third-order valence-corrected chi connectivity index (χ3v) is 2.88. The minimum atomic E-state index is 0.0202. The summed E-state index contributed by atoms with van der Waals surface area (Å²) < 4.78 is 0. The molecule has 0 atom stereocenters. The Balaban J connectivity index is 2.14. The summed E-state index contributed by atoms with van der Waals surface area (Å²) in [6, 6.07) is 11.8. The van der Waals surface area contributed by atoms with Gasteiger partial charge in [-0.3, -0.25) is 4.79 Å². The summed E-state index contributed by atoms with van der Waals surface area (Å²) in [5, 5.41) is 11.2. The Morgan fingerprint density at radius 3 is 2.81 bits per heavy atom. The number of thioether (sulfide) groups is 1. The van der Waals surface area contributed by atoms with Crippen LogP contribution in [0.4, 0.5) is 0 Å². The summed E-state index contributed by atoms with van der Waals surface area (Å²) in [6.45, 7) is 0.568. The molecular weight excluding hydrogens is 220 g/mol. The molecule has 0 aliphatic heterocycles. The fraction of sp³-hybridized carbons (Fsp3) is 0.333. The van der Waals surface area contributed by atoms with Crippen molar-refractivity contribution in [2.24, 2.45) is 0 Å². The summed E-state index contributed by atoms with van der Waals surface area (Å²) >= 11 is 1.49. The van der Waals surface area contributed by atoms with E-state index in [4.69, 9.17) is 5.26 Å². The average Bonchev–Trinajstić information content (AvgIpc) is 2.33. The van der Waals surface area contributed by atoms with E-state index < -0.39 is 0 Å². The molecule has 3 nitrogen and oxygen atoms in total. The number of hydrogen-bond acceptors (Lipinski definition) is 3. The first kappa shape index (κ1) is 12.6. The molecule has 0 spiro atoms. The molecule has 0 aromatic heterocycles. The molecule has 0 aliphatic rings. The number of amides is 1. The molecule has 0 heterocycles. The van der Waals surface area contributed by atoms with E-state index in [1.54, 1.807) is 0 Å². The summed E-state index contributed by atoms with van der Waals surface area (Å²) in [5.41, 5.74) is 1.10. The molecule has 84 valence electrons. The fourth-order valence-electron chi connectivity index (χ4n) is 1.13. The molecule has 0 bridgehead atoms. The lowest BCUT2D eigenvalue weighted by atomic mass is 10.2. The zero-order valence-corrected chi connectivity index (χ0v) is 9.80. The van der Waals surface area contributed by atoms with Crippen LogP contribution in [-0.2, 0) is 11.3 Å². The monoisotopic (exact) mass is 234 g/mol. The Morgan fingerprint density at radius 2 is 2.12 bits per heavy atom. The molecule has 0 saturated carbocycles. The Labute approximate surface area is 99.8 Å². The van der Waals surface area contributed by atoms with Crippen LogP contribution in [0.25, 0.3) is 0 Å². The minimum absolute atomic E-state index is 0.0202. The molecule has 0 saturated heterocycles. The number of nitrogens with zero attached hydrogens (tertiary/aromatic N) is 1. The molecule has 4 heteroatoms. The summed E-state index contributed by atoms with van der Waals surface area (Å²) in [6.07, 6.45) is 0.497. The standard InChI is InChI=1S/C12H14N2OS/c13-7-4-8-16-10-12(15)14-9-11-5-2-1-3-6-11/h1-3,5-6H,4,8-10H2,(H,14,15). The topological polar surface area (TPSA) is 52.9 Å². The second-order valence-electron chi connectivity index (χ2n) is 3.22. The van der Waals surface area contributed by atoms with Crippen molar-refractivity contribution in [2.75, 3.05) is 11.5 Å². The first-order valence-corrected chi connectivity index (χ1v) is 6.23. The van der Waals surface area contributed by atoms with Gasteiger partial charge in [-0.25, -0.2) is 0 Å². The first-order chi connectivity index (χ1) is 7.83. The van der Waals surface area contributed by atoms with E-state index in [1.165, 1.54) is 11.8 Å². The van der Waals surface area contributed by atoms with Gasteiger partial charge in [0.15, 0.2) is 0 Å². The Morgan fingerprint density at radius 1 is 1.38 bits per heavy atom. The van der Waals surface area contributed by atoms with E-state index in [-0.39, 0.29) is 5.91 Å². The van der Waals surface area contributed by atoms with Gasteiger partial charge < -0.3 is 5.32 Å². The Hall–Kier alpha value is -1.47. The van der Waals surface area contributed by atoms with Crippen molar-refractivity contribution in [3.05, 3.63) is 35.9 Å². The fourth-order valence-corrected chi connectivity index (χ4v) is 1.80. The molecule has 0 fully saturated rings. The van der Waals surface area contributed by atoms with Gasteiger partial charge >= 0.3 is 0 Å². The molecule has 1 aromatic carbocycles. The van der Waals surface area contributed by atoms with Crippen LogP contribution in [0.3, 0.4) is 0 Å². The van der Waals surface area contributed by atoms with Crippen LogP contribution in [0.1, 0.15) is 12.0 Å². The molecule has 0 radical (unpaired) electrons. The SMILES string of the molecule is N#CCCSCC(=O)NCc1ccccc1. The van der Waals surface area contributed by atoms with E-state index in [0.717, 1.165) is 11.3 Å². The van der Waals surface area contributed by atoms with Crippen molar-refractivity contribution in [2.45, 2.75) is 13.0 Å². The van der Waals surface area contributed by atoms with Crippen LogP contribution in [0, 0.1) is 11.3 Å². The highest BCUT2D eigenvalue weighted by atomic mass is 32.2. The second kappa shape index (κ2) is 7.77. The lowest BCUT2D eigenvalue weighted by molar-refractivity contribution is -0.118. The Kier molecular flexibility index (Phi) is 6.12. The predicted octanol–water partition coefficient (Wildman–Crippen LogP) is 1.95. The number of nitriles is 1. The van der Waals surface area contributed by atoms with Gasteiger partial charge in [-0.15, -0.1) is 0 Å². The number of carbonyl (C=O) groups excluding carboxylic acids is 1.